The zero-order chi connectivity index (χ0) is 18.6. The second-order valence-corrected chi connectivity index (χ2v) is 7.45. The van der Waals surface area contributed by atoms with Gasteiger partial charge in [0.05, 0.1) is 6.54 Å². The lowest BCUT2D eigenvalue weighted by Crippen LogP contribution is -2.50. The number of benzene rings is 1. The van der Waals surface area contributed by atoms with Crippen molar-refractivity contribution in [1.82, 2.24) is 10.2 Å². The summed E-state index contributed by atoms with van der Waals surface area (Å²) in [5.74, 6) is -0.985. The number of rotatable bonds is 8. The zero-order valence-corrected chi connectivity index (χ0v) is 15.3. The first-order chi connectivity index (χ1) is 12.5. The largest absolute Gasteiger partial charge is 0.480 e. The van der Waals surface area contributed by atoms with Crippen molar-refractivity contribution in [2.24, 2.45) is 0 Å². The van der Waals surface area contributed by atoms with Gasteiger partial charge >= 0.3 is 5.97 Å². The molecular formula is C20H28N2O4. The summed E-state index contributed by atoms with van der Waals surface area (Å²) in [6.07, 6.45) is 3.68. The number of ether oxygens (including phenoxy) is 1. The first kappa shape index (κ1) is 18.9. The van der Waals surface area contributed by atoms with Crippen LogP contribution in [-0.4, -0.2) is 60.3 Å². The van der Waals surface area contributed by atoms with Crippen molar-refractivity contribution in [3.63, 3.8) is 0 Å². The summed E-state index contributed by atoms with van der Waals surface area (Å²) < 4.78 is 5.53. The van der Waals surface area contributed by atoms with Crippen molar-refractivity contribution >= 4 is 11.9 Å². The van der Waals surface area contributed by atoms with Crippen LogP contribution >= 0.6 is 0 Å². The molecule has 2 aliphatic rings. The Bertz CT molecular complexity index is 624. The van der Waals surface area contributed by atoms with Crippen LogP contribution in [0, 0.1) is 0 Å². The van der Waals surface area contributed by atoms with Crippen LogP contribution in [0.3, 0.4) is 0 Å². The van der Waals surface area contributed by atoms with E-state index in [-0.39, 0.29) is 23.9 Å². The first-order valence-electron chi connectivity index (χ1n) is 9.40. The van der Waals surface area contributed by atoms with Gasteiger partial charge in [-0.15, -0.1) is 0 Å². The Balaban J connectivity index is 1.63. The number of amides is 1. The molecule has 0 spiro atoms. The van der Waals surface area contributed by atoms with Crippen LogP contribution < -0.4 is 5.32 Å². The monoisotopic (exact) mass is 360 g/mol. The molecule has 2 N–H and O–H groups in total. The Morgan fingerprint density at radius 2 is 1.92 bits per heavy atom. The molecule has 142 valence electrons. The number of carbonyl (C=O) groups excluding carboxylic acids is 1. The van der Waals surface area contributed by atoms with E-state index >= 15 is 0 Å². The SMILES string of the molecule is CC(C(=O)O)N(CC(=O)NCC1(c2ccccc2)CCOCC1)C1CC1. The second-order valence-electron chi connectivity index (χ2n) is 7.45. The van der Waals surface area contributed by atoms with E-state index in [1.54, 1.807) is 11.8 Å². The fourth-order valence-corrected chi connectivity index (χ4v) is 3.74. The van der Waals surface area contributed by atoms with Crippen molar-refractivity contribution < 1.29 is 19.4 Å². The summed E-state index contributed by atoms with van der Waals surface area (Å²) in [4.78, 5) is 25.7. The van der Waals surface area contributed by atoms with Crippen LogP contribution in [0.25, 0.3) is 0 Å². The van der Waals surface area contributed by atoms with Crippen LogP contribution in [0.4, 0.5) is 0 Å². The van der Waals surface area contributed by atoms with Crippen molar-refractivity contribution in [1.29, 1.82) is 0 Å². The highest BCUT2D eigenvalue weighted by Crippen LogP contribution is 2.34. The van der Waals surface area contributed by atoms with Gasteiger partial charge in [-0.2, -0.15) is 0 Å². The maximum absolute atomic E-state index is 12.6. The Morgan fingerprint density at radius 1 is 1.27 bits per heavy atom. The molecule has 26 heavy (non-hydrogen) atoms. The molecule has 1 amide bonds. The Morgan fingerprint density at radius 3 is 2.50 bits per heavy atom. The normalized spacial score (nSPS) is 20.5. The molecule has 6 nitrogen and oxygen atoms in total. The number of hydrogen-bond donors (Lipinski definition) is 2. The molecule has 1 saturated heterocycles. The predicted octanol–water partition coefficient (Wildman–Crippen LogP) is 1.79. The number of carboxylic acids is 1. The number of aliphatic carboxylic acids is 1. The number of carbonyl (C=O) groups is 2. The summed E-state index contributed by atoms with van der Waals surface area (Å²) >= 11 is 0. The van der Waals surface area contributed by atoms with Crippen LogP contribution in [0.2, 0.25) is 0 Å². The number of hydrogen-bond acceptors (Lipinski definition) is 4. The van der Waals surface area contributed by atoms with Gasteiger partial charge in [0, 0.05) is 31.2 Å². The fourth-order valence-electron chi connectivity index (χ4n) is 3.74. The summed E-state index contributed by atoms with van der Waals surface area (Å²) in [6.45, 7) is 3.72. The molecule has 1 aliphatic carbocycles. The highest BCUT2D eigenvalue weighted by Gasteiger charge is 2.38. The van der Waals surface area contributed by atoms with E-state index in [0.717, 1.165) is 25.7 Å². The first-order valence-corrected chi connectivity index (χ1v) is 9.40. The van der Waals surface area contributed by atoms with E-state index in [2.05, 4.69) is 17.4 Å². The summed E-state index contributed by atoms with van der Waals surface area (Å²) in [7, 11) is 0. The van der Waals surface area contributed by atoms with Crippen molar-refractivity contribution in [2.75, 3.05) is 26.3 Å². The lowest BCUT2D eigenvalue weighted by atomic mass is 9.74. The predicted molar refractivity (Wildman–Crippen MR) is 98.0 cm³/mol. The van der Waals surface area contributed by atoms with Gasteiger partial charge < -0.3 is 15.2 Å². The van der Waals surface area contributed by atoms with Gasteiger partial charge in [-0.25, -0.2) is 0 Å². The number of nitrogens with zero attached hydrogens (tertiary/aromatic N) is 1. The highest BCUT2D eigenvalue weighted by atomic mass is 16.5. The topological polar surface area (TPSA) is 78.9 Å². The van der Waals surface area contributed by atoms with E-state index in [4.69, 9.17) is 4.74 Å². The molecule has 6 heteroatoms. The molecule has 2 fully saturated rings. The summed E-state index contributed by atoms with van der Waals surface area (Å²) in [5, 5.41) is 12.3. The molecule has 1 heterocycles. The molecule has 0 aromatic heterocycles. The molecule has 0 radical (unpaired) electrons. The van der Waals surface area contributed by atoms with Gasteiger partial charge in [0.15, 0.2) is 0 Å². The third-order valence-electron chi connectivity index (χ3n) is 5.66. The molecular weight excluding hydrogens is 332 g/mol. The van der Waals surface area contributed by atoms with E-state index in [1.165, 1.54) is 5.56 Å². The van der Waals surface area contributed by atoms with Gasteiger partial charge in [0.1, 0.15) is 6.04 Å². The molecule has 1 atom stereocenters. The van der Waals surface area contributed by atoms with Gasteiger partial charge in [0.2, 0.25) is 5.91 Å². The second kappa shape index (κ2) is 8.18. The van der Waals surface area contributed by atoms with E-state index in [9.17, 15) is 14.7 Å². The Kier molecular flexibility index (Phi) is 5.94. The molecule has 1 aliphatic heterocycles. The Hall–Kier alpha value is -1.92. The minimum atomic E-state index is -0.880. The molecule has 1 unspecified atom stereocenters. The molecule has 0 bridgehead atoms. The molecule has 1 aromatic rings. The van der Waals surface area contributed by atoms with Gasteiger partial charge in [-0.1, -0.05) is 30.3 Å². The minimum Gasteiger partial charge on any atom is -0.480 e. The maximum atomic E-state index is 12.6. The van der Waals surface area contributed by atoms with Crippen LogP contribution in [0.15, 0.2) is 30.3 Å². The summed E-state index contributed by atoms with van der Waals surface area (Å²) in [6, 6.07) is 9.85. The van der Waals surface area contributed by atoms with Gasteiger partial charge in [0.25, 0.3) is 0 Å². The average molecular weight is 360 g/mol. The fraction of sp³-hybridized carbons (Fsp3) is 0.600. The smallest absolute Gasteiger partial charge is 0.320 e. The van der Waals surface area contributed by atoms with E-state index in [0.29, 0.717) is 19.8 Å². The van der Waals surface area contributed by atoms with Gasteiger partial charge in [-0.05, 0) is 38.2 Å². The van der Waals surface area contributed by atoms with Crippen molar-refractivity contribution in [3.8, 4) is 0 Å². The van der Waals surface area contributed by atoms with Gasteiger partial charge in [-0.3, -0.25) is 14.5 Å². The average Bonchev–Trinajstić information content (AvgIpc) is 3.50. The summed E-state index contributed by atoms with van der Waals surface area (Å²) in [5.41, 5.74) is 1.11. The zero-order valence-electron chi connectivity index (χ0n) is 15.3. The lowest BCUT2D eigenvalue weighted by Gasteiger charge is -2.38. The standard InChI is InChI=1S/C20H28N2O4/c1-15(19(24)25)22(17-7-8-17)13-18(23)21-14-20(9-11-26-12-10-20)16-5-3-2-4-6-16/h2-6,15,17H,7-14H2,1H3,(H,21,23)(H,24,25). The quantitative estimate of drug-likeness (QED) is 0.739. The molecule has 3 rings (SSSR count). The van der Waals surface area contributed by atoms with Crippen molar-refractivity contribution in [2.45, 2.75) is 50.1 Å². The minimum absolute atomic E-state index is 0.105. The van der Waals surface area contributed by atoms with Crippen molar-refractivity contribution in [3.05, 3.63) is 35.9 Å². The van der Waals surface area contributed by atoms with E-state index in [1.807, 2.05) is 18.2 Å². The lowest BCUT2D eigenvalue weighted by molar-refractivity contribution is -0.143. The number of nitrogens with one attached hydrogen (secondary N) is 1. The maximum Gasteiger partial charge on any atom is 0.320 e. The number of carboxylic acid groups (broad SMARTS) is 1. The molecule has 1 saturated carbocycles. The van der Waals surface area contributed by atoms with E-state index < -0.39 is 12.0 Å². The molecule has 1 aromatic carbocycles. The third-order valence-corrected chi connectivity index (χ3v) is 5.66. The van der Waals surface area contributed by atoms with Crippen LogP contribution in [-0.2, 0) is 19.7 Å². The van der Waals surface area contributed by atoms with Crippen LogP contribution in [0.1, 0.15) is 38.2 Å². The Labute approximate surface area is 154 Å². The van der Waals surface area contributed by atoms with Crippen LogP contribution in [0.5, 0.6) is 0 Å². The third kappa shape index (κ3) is 4.43. The highest BCUT2D eigenvalue weighted by molar-refractivity contribution is 5.80.